The molecule has 0 saturated heterocycles. The Kier molecular flexibility index (Phi) is 3.23. The highest BCUT2D eigenvalue weighted by molar-refractivity contribution is 6.30. The Morgan fingerprint density at radius 3 is 2.71 bits per heavy atom. The average molecular weight is 252 g/mol. The summed E-state index contributed by atoms with van der Waals surface area (Å²) in [4.78, 5) is 14.5. The van der Waals surface area contributed by atoms with Gasteiger partial charge in [-0.1, -0.05) is 18.5 Å². The Labute approximate surface area is 105 Å². The summed E-state index contributed by atoms with van der Waals surface area (Å²) >= 11 is 6.07. The molecule has 1 aliphatic rings. The number of aliphatic imine (C=N–C) groups is 1. The molecule has 1 saturated carbocycles. The van der Waals surface area contributed by atoms with E-state index in [2.05, 4.69) is 11.9 Å². The van der Waals surface area contributed by atoms with Gasteiger partial charge in [0.1, 0.15) is 5.75 Å². The molecule has 0 amide bonds. The Morgan fingerprint density at radius 2 is 2.24 bits per heavy atom. The quantitative estimate of drug-likeness (QED) is 0.609. The molecule has 0 heterocycles. The third kappa shape index (κ3) is 2.08. The molecular weight excluding hydrogens is 238 g/mol. The minimum Gasteiger partial charge on any atom is -0.496 e. The number of isocyanates is 1. The third-order valence-corrected chi connectivity index (χ3v) is 3.45. The van der Waals surface area contributed by atoms with Crippen molar-refractivity contribution in [1.29, 1.82) is 0 Å². The second-order valence-electron chi connectivity index (χ2n) is 4.22. The number of benzene rings is 1. The van der Waals surface area contributed by atoms with Crippen LogP contribution in [-0.2, 0) is 16.8 Å². The highest BCUT2D eigenvalue weighted by atomic mass is 35.5. The standard InChI is InChI=1S/C13H14ClNO2/c1-3-10-11(13(4-5-13)15-8-16)6-9(14)7-12(10)17-2/h6-7H,3-5H2,1-2H3. The van der Waals surface area contributed by atoms with Crippen LogP contribution in [0.1, 0.15) is 30.9 Å². The zero-order chi connectivity index (χ0) is 12.5. The van der Waals surface area contributed by atoms with Crippen LogP contribution in [0.4, 0.5) is 0 Å². The number of hydrogen-bond donors (Lipinski definition) is 0. The molecule has 3 nitrogen and oxygen atoms in total. The van der Waals surface area contributed by atoms with Crippen molar-refractivity contribution in [3.05, 3.63) is 28.3 Å². The highest BCUT2D eigenvalue weighted by Crippen LogP contribution is 2.52. The maximum absolute atomic E-state index is 10.5. The Balaban J connectivity index is 2.60. The molecule has 0 bridgehead atoms. The number of carbonyl (C=O) groups excluding carboxylic acids is 1. The first-order valence-corrected chi connectivity index (χ1v) is 6.00. The minimum atomic E-state index is -0.398. The summed E-state index contributed by atoms with van der Waals surface area (Å²) in [5, 5.41) is 0.612. The minimum absolute atomic E-state index is 0.398. The van der Waals surface area contributed by atoms with Gasteiger partial charge in [-0.05, 0) is 42.5 Å². The highest BCUT2D eigenvalue weighted by Gasteiger charge is 2.46. The summed E-state index contributed by atoms with van der Waals surface area (Å²) in [6.45, 7) is 2.05. The topological polar surface area (TPSA) is 38.7 Å². The smallest absolute Gasteiger partial charge is 0.235 e. The maximum atomic E-state index is 10.5. The van der Waals surface area contributed by atoms with E-state index in [0.29, 0.717) is 5.02 Å². The Morgan fingerprint density at radius 1 is 1.53 bits per heavy atom. The van der Waals surface area contributed by atoms with Crippen LogP contribution in [-0.4, -0.2) is 13.2 Å². The van der Waals surface area contributed by atoms with Crippen molar-refractivity contribution in [3.8, 4) is 5.75 Å². The molecule has 0 N–H and O–H groups in total. The first-order valence-electron chi connectivity index (χ1n) is 5.63. The molecule has 0 aliphatic heterocycles. The van der Waals surface area contributed by atoms with Crippen LogP contribution in [0.2, 0.25) is 5.02 Å². The van der Waals surface area contributed by atoms with E-state index in [1.54, 1.807) is 19.3 Å². The fourth-order valence-corrected chi connectivity index (χ4v) is 2.43. The van der Waals surface area contributed by atoms with E-state index in [9.17, 15) is 4.79 Å². The molecule has 1 aromatic carbocycles. The summed E-state index contributed by atoms with van der Waals surface area (Å²) in [6.07, 6.45) is 4.24. The molecule has 17 heavy (non-hydrogen) atoms. The molecule has 90 valence electrons. The van der Waals surface area contributed by atoms with E-state index in [1.165, 1.54) is 0 Å². The SMILES string of the molecule is CCc1c(OC)cc(Cl)cc1C1(N=C=O)CC1. The molecule has 0 aromatic heterocycles. The van der Waals surface area contributed by atoms with Gasteiger partial charge in [-0.25, -0.2) is 4.79 Å². The van der Waals surface area contributed by atoms with E-state index in [4.69, 9.17) is 16.3 Å². The van der Waals surface area contributed by atoms with Crippen LogP contribution in [0.25, 0.3) is 0 Å². The predicted octanol–water partition coefficient (Wildman–Crippen LogP) is 3.24. The van der Waals surface area contributed by atoms with Crippen LogP contribution in [0.3, 0.4) is 0 Å². The normalized spacial score (nSPS) is 16.2. The van der Waals surface area contributed by atoms with Crippen LogP contribution < -0.4 is 4.74 Å². The summed E-state index contributed by atoms with van der Waals surface area (Å²) in [5.41, 5.74) is 1.69. The largest absolute Gasteiger partial charge is 0.496 e. The van der Waals surface area contributed by atoms with E-state index in [0.717, 1.165) is 36.1 Å². The number of halogens is 1. The molecule has 1 aromatic rings. The summed E-state index contributed by atoms with van der Waals surface area (Å²) in [5.74, 6) is 0.766. The summed E-state index contributed by atoms with van der Waals surface area (Å²) in [7, 11) is 1.62. The Hall–Kier alpha value is -1.31. The molecule has 4 heteroatoms. The number of rotatable bonds is 4. The van der Waals surface area contributed by atoms with Crippen LogP contribution in [0.15, 0.2) is 17.1 Å². The molecule has 0 unspecified atom stereocenters. The molecule has 0 spiro atoms. The van der Waals surface area contributed by atoms with Gasteiger partial charge in [0, 0.05) is 5.02 Å². The van der Waals surface area contributed by atoms with E-state index in [-0.39, 0.29) is 0 Å². The monoisotopic (exact) mass is 251 g/mol. The lowest BCUT2D eigenvalue weighted by Crippen LogP contribution is -2.08. The third-order valence-electron chi connectivity index (χ3n) is 3.23. The molecule has 1 fully saturated rings. The first kappa shape index (κ1) is 12.2. The number of methoxy groups -OCH3 is 1. The van der Waals surface area contributed by atoms with Gasteiger partial charge < -0.3 is 4.74 Å². The molecular formula is C13H14ClNO2. The molecule has 0 radical (unpaired) electrons. The van der Waals surface area contributed by atoms with E-state index < -0.39 is 5.54 Å². The van der Waals surface area contributed by atoms with Crippen molar-refractivity contribution < 1.29 is 9.53 Å². The zero-order valence-corrected chi connectivity index (χ0v) is 10.7. The van der Waals surface area contributed by atoms with Crippen molar-refractivity contribution in [2.24, 2.45) is 4.99 Å². The Bertz CT molecular complexity index is 488. The van der Waals surface area contributed by atoms with Gasteiger partial charge in [0.25, 0.3) is 0 Å². The number of hydrogen-bond acceptors (Lipinski definition) is 3. The van der Waals surface area contributed by atoms with Crippen molar-refractivity contribution in [2.75, 3.05) is 7.11 Å². The fourth-order valence-electron chi connectivity index (χ4n) is 2.22. The second kappa shape index (κ2) is 4.52. The van der Waals surface area contributed by atoms with Crippen LogP contribution in [0.5, 0.6) is 5.75 Å². The van der Waals surface area contributed by atoms with E-state index in [1.807, 2.05) is 6.07 Å². The molecule has 0 atom stereocenters. The maximum Gasteiger partial charge on any atom is 0.235 e. The first-order chi connectivity index (χ1) is 8.16. The van der Waals surface area contributed by atoms with Gasteiger partial charge in [-0.3, -0.25) is 0 Å². The average Bonchev–Trinajstić information content (AvgIpc) is 3.09. The zero-order valence-electron chi connectivity index (χ0n) is 9.92. The van der Waals surface area contributed by atoms with Gasteiger partial charge in [-0.15, -0.1) is 0 Å². The van der Waals surface area contributed by atoms with Crippen LogP contribution in [0, 0.1) is 0 Å². The lowest BCUT2D eigenvalue weighted by atomic mass is 9.96. The van der Waals surface area contributed by atoms with Crippen molar-refractivity contribution >= 4 is 17.7 Å². The van der Waals surface area contributed by atoms with Crippen molar-refractivity contribution in [1.82, 2.24) is 0 Å². The van der Waals surface area contributed by atoms with Gasteiger partial charge >= 0.3 is 0 Å². The number of nitrogens with zero attached hydrogens (tertiary/aromatic N) is 1. The summed E-state index contributed by atoms with van der Waals surface area (Å²) < 4.78 is 5.33. The van der Waals surface area contributed by atoms with Gasteiger partial charge in [0.15, 0.2) is 0 Å². The fraction of sp³-hybridized carbons (Fsp3) is 0.462. The molecule has 1 aliphatic carbocycles. The lowest BCUT2D eigenvalue weighted by molar-refractivity contribution is 0.408. The van der Waals surface area contributed by atoms with E-state index >= 15 is 0 Å². The lowest BCUT2D eigenvalue weighted by Gasteiger charge is -2.17. The summed E-state index contributed by atoms with van der Waals surface area (Å²) in [6, 6.07) is 3.68. The van der Waals surface area contributed by atoms with Crippen molar-refractivity contribution in [2.45, 2.75) is 31.7 Å². The molecule has 2 rings (SSSR count). The van der Waals surface area contributed by atoms with Crippen LogP contribution >= 0.6 is 11.6 Å². The van der Waals surface area contributed by atoms with Gasteiger partial charge in [0.05, 0.1) is 12.6 Å². The van der Waals surface area contributed by atoms with Gasteiger partial charge in [0.2, 0.25) is 6.08 Å². The van der Waals surface area contributed by atoms with Gasteiger partial charge in [-0.2, -0.15) is 4.99 Å². The van der Waals surface area contributed by atoms with Crippen molar-refractivity contribution in [3.63, 3.8) is 0 Å². The second-order valence-corrected chi connectivity index (χ2v) is 4.66. The predicted molar refractivity (Wildman–Crippen MR) is 66.4 cm³/mol. The number of ether oxygens (including phenoxy) is 1.